The van der Waals surface area contributed by atoms with Gasteiger partial charge in [0.2, 0.25) is 0 Å². The zero-order chi connectivity index (χ0) is 38.9. The van der Waals surface area contributed by atoms with Crippen LogP contribution in [0.1, 0.15) is 53.9 Å². The lowest BCUT2D eigenvalue weighted by Crippen LogP contribution is -2.64. The molecule has 2 heterocycles. The molecule has 2 saturated heterocycles. The fourth-order valence-electron chi connectivity index (χ4n) is 6.08. The molecule has 11 atom stereocenters. The fraction of sp³-hybridized carbons (Fsp3) is 0.595. The van der Waals surface area contributed by atoms with Crippen LogP contribution in [0, 0.1) is 5.41 Å². The number of esters is 2. The van der Waals surface area contributed by atoms with Crippen molar-refractivity contribution in [3.05, 3.63) is 71.4 Å². The van der Waals surface area contributed by atoms with Gasteiger partial charge in [-0.05, 0) is 37.3 Å². The van der Waals surface area contributed by atoms with E-state index in [-0.39, 0.29) is 12.2 Å². The summed E-state index contributed by atoms with van der Waals surface area (Å²) in [7, 11) is 0. The number of hydrogen-bond acceptors (Lipinski definition) is 15. The first-order valence-corrected chi connectivity index (χ1v) is 17.0. The van der Waals surface area contributed by atoms with Gasteiger partial charge in [-0.2, -0.15) is 0 Å². The molecule has 0 aromatic rings. The minimum Gasteiger partial charge on any atom is -0.463 e. The number of aliphatic hydroxyl groups is 7. The Morgan fingerprint density at radius 2 is 1.54 bits per heavy atom. The minimum atomic E-state index is -1.92. The van der Waals surface area contributed by atoms with Crippen molar-refractivity contribution in [2.24, 2.45) is 5.41 Å². The van der Waals surface area contributed by atoms with Crippen molar-refractivity contribution in [1.29, 1.82) is 0 Å². The van der Waals surface area contributed by atoms with E-state index in [1.807, 2.05) is 64.2 Å². The molecule has 2 fully saturated rings. The summed E-state index contributed by atoms with van der Waals surface area (Å²) < 4.78 is 26.7. The molecule has 0 radical (unpaired) electrons. The van der Waals surface area contributed by atoms with Crippen molar-refractivity contribution in [3.8, 4) is 0 Å². The van der Waals surface area contributed by atoms with Crippen molar-refractivity contribution in [1.82, 2.24) is 0 Å². The second-order valence-electron chi connectivity index (χ2n) is 13.7. The molecule has 290 valence electrons. The number of allylic oxidation sites excluding steroid dienone is 10. The Morgan fingerprint density at radius 3 is 2.19 bits per heavy atom. The van der Waals surface area contributed by atoms with Crippen molar-refractivity contribution >= 4 is 17.7 Å². The smallest absolute Gasteiger partial charge is 0.307 e. The summed E-state index contributed by atoms with van der Waals surface area (Å²) in [6.45, 7) is 11.7. The molecule has 1 aliphatic carbocycles. The molecular formula is C37H52O15. The highest BCUT2D eigenvalue weighted by Crippen LogP contribution is 2.41. The zero-order valence-corrected chi connectivity index (χ0v) is 30.0. The first-order chi connectivity index (χ1) is 24.4. The summed E-state index contributed by atoms with van der Waals surface area (Å²) in [4.78, 5) is 38.5. The molecule has 0 aromatic carbocycles. The first kappa shape index (κ1) is 43.1. The van der Waals surface area contributed by atoms with Crippen LogP contribution in [0.4, 0.5) is 0 Å². The average molecular weight is 737 g/mol. The zero-order valence-electron chi connectivity index (χ0n) is 30.0. The molecule has 15 heteroatoms. The molecule has 7 N–H and O–H groups in total. The quantitative estimate of drug-likeness (QED) is 0.0941. The van der Waals surface area contributed by atoms with Gasteiger partial charge in [0, 0.05) is 6.42 Å². The summed E-state index contributed by atoms with van der Waals surface area (Å²) in [5.74, 6) is -2.07. The minimum absolute atomic E-state index is 0.221. The van der Waals surface area contributed by atoms with E-state index in [1.54, 1.807) is 13.0 Å². The predicted molar refractivity (Wildman–Crippen MR) is 184 cm³/mol. The van der Waals surface area contributed by atoms with Gasteiger partial charge < -0.3 is 59.4 Å². The summed E-state index contributed by atoms with van der Waals surface area (Å²) in [5.41, 5.74) is 2.76. The third-order valence-electron chi connectivity index (χ3n) is 9.12. The second-order valence-corrected chi connectivity index (χ2v) is 13.7. The van der Waals surface area contributed by atoms with E-state index in [0.29, 0.717) is 5.57 Å². The van der Waals surface area contributed by atoms with Crippen LogP contribution in [-0.4, -0.2) is 134 Å². The molecule has 15 nitrogen and oxygen atoms in total. The van der Waals surface area contributed by atoms with E-state index in [1.165, 1.54) is 0 Å². The average Bonchev–Trinajstić information content (AvgIpc) is 3.08. The van der Waals surface area contributed by atoms with Gasteiger partial charge in [-0.3, -0.25) is 14.4 Å². The van der Waals surface area contributed by atoms with Gasteiger partial charge >= 0.3 is 11.9 Å². The van der Waals surface area contributed by atoms with Gasteiger partial charge in [0.15, 0.2) is 24.5 Å². The van der Waals surface area contributed by atoms with Crippen LogP contribution in [0.25, 0.3) is 0 Å². The third-order valence-corrected chi connectivity index (χ3v) is 9.12. The van der Waals surface area contributed by atoms with Gasteiger partial charge in [-0.15, -0.1) is 0 Å². The maximum absolute atomic E-state index is 13.2. The normalized spacial score (nSPS) is 34.5. The molecule has 0 spiro atoms. The molecular weight excluding hydrogens is 684 g/mol. The van der Waals surface area contributed by atoms with Gasteiger partial charge in [-0.1, -0.05) is 74.1 Å². The number of carbonyl (C=O) groups excluding carboxylic acids is 3. The molecule has 0 aromatic heterocycles. The van der Waals surface area contributed by atoms with E-state index < -0.39 is 111 Å². The highest BCUT2D eigenvalue weighted by atomic mass is 16.7. The monoisotopic (exact) mass is 736 g/mol. The Labute approximate surface area is 302 Å². The summed E-state index contributed by atoms with van der Waals surface area (Å²) in [6, 6.07) is 0. The van der Waals surface area contributed by atoms with Crippen LogP contribution in [0.15, 0.2) is 71.4 Å². The highest BCUT2D eigenvalue weighted by molar-refractivity contribution is 6.01. The Balaban J connectivity index is 1.57. The van der Waals surface area contributed by atoms with Crippen LogP contribution in [0.3, 0.4) is 0 Å². The maximum atomic E-state index is 13.2. The molecule has 11 unspecified atom stereocenters. The van der Waals surface area contributed by atoms with Gasteiger partial charge in [0.1, 0.15) is 55.4 Å². The lowest BCUT2D eigenvalue weighted by atomic mass is 9.71. The topological polar surface area (TPSA) is 239 Å². The van der Waals surface area contributed by atoms with Gasteiger partial charge in [-0.25, -0.2) is 0 Å². The predicted octanol–water partition coefficient (Wildman–Crippen LogP) is 0.352. The Hall–Kier alpha value is -3.35. The number of rotatable bonds is 14. The van der Waals surface area contributed by atoms with Crippen LogP contribution in [0.5, 0.6) is 0 Å². The molecule has 3 aliphatic rings. The molecule has 0 amide bonds. The largest absolute Gasteiger partial charge is 0.463 e. The van der Waals surface area contributed by atoms with Crippen molar-refractivity contribution in [3.63, 3.8) is 0 Å². The highest BCUT2D eigenvalue weighted by Gasteiger charge is 2.50. The summed E-state index contributed by atoms with van der Waals surface area (Å²) >= 11 is 0. The lowest BCUT2D eigenvalue weighted by Gasteiger charge is -2.45. The first-order valence-electron chi connectivity index (χ1n) is 17.0. The van der Waals surface area contributed by atoms with Crippen molar-refractivity contribution < 1.29 is 73.8 Å². The van der Waals surface area contributed by atoms with E-state index in [2.05, 4.69) is 6.58 Å². The summed E-state index contributed by atoms with van der Waals surface area (Å²) in [6.07, 6.45) is -5.70. The molecule has 52 heavy (non-hydrogen) atoms. The number of ether oxygens (including phenoxy) is 5. The van der Waals surface area contributed by atoms with Crippen molar-refractivity contribution in [2.75, 3.05) is 13.2 Å². The lowest BCUT2D eigenvalue weighted by molar-refractivity contribution is -0.355. The van der Waals surface area contributed by atoms with Crippen LogP contribution >= 0.6 is 0 Å². The molecule has 0 bridgehead atoms. The standard InChI is InChI=1S/C37H52O15/c1-7-9-19(2)10-8-11-20(3)12-13-22-21(4)28(41)23(16-37(22,5)6)49-27(40)15-14-26(39)48-18-25-34(31(44)32(45)35(47)50-25)52-36-33(46)30(43)29(42)24(17-38)51-36/h7-13,23-25,29-36,38,42-47H,1,14-18H2,2-6H3. The second kappa shape index (κ2) is 19.1. The Morgan fingerprint density at radius 1 is 0.885 bits per heavy atom. The van der Waals surface area contributed by atoms with E-state index >= 15 is 0 Å². The van der Waals surface area contributed by atoms with E-state index in [9.17, 15) is 50.1 Å². The van der Waals surface area contributed by atoms with E-state index in [0.717, 1.165) is 16.7 Å². The van der Waals surface area contributed by atoms with Crippen LogP contribution in [0.2, 0.25) is 0 Å². The molecule has 2 aliphatic heterocycles. The molecule has 0 saturated carbocycles. The Bertz CT molecular complexity index is 1440. The maximum Gasteiger partial charge on any atom is 0.307 e. The molecule has 3 rings (SSSR count). The van der Waals surface area contributed by atoms with Crippen LogP contribution in [-0.2, 0) is 38.1 Å². The number of hydrogen-bond donors (Lipinski definition) is 7. The number of ketones is 1. The summed E-state index contributed by atoms with van der Waals surface area (Å²) in [5, 5.41) is 70.6. The number of carbonyl (C=O) groups is 3. The number of Topliss-reactive ketones (excluding diaryl/α,β-unsaturated/α-hetero) is 1. The third kappa shape index (κ3) is 11.1. The van der Waals surface area contributed by atoms with Crippen LogP contribution < -0.4 is 0 Å². The Kier molecular flexibility index (Phi) is 15.8. The SMILES string of the molecule is C=CC=C(C)C=CC=C(C)C=CC1=C(C)C(=O)C(OC(=O)CCC(=O)OCC2OC(O)C(O)C(O)C2OC2OC(CO)C(O)C(O)C2O)CC1(C)C. The van der Waals surface area contributed by atoms with Crippen molar-refractivity contribution in [2.45, 2.75) is 121 Å². The number of aliphatic hydroxyl groups excluding tert-OH is 7. The van der Waals surface area contributed by atoms with Gasteiger partial charge in [0.05, 0.1) is 19.4 Å². The van der Waals surface area contributed by atoms with E-state index in [4.69, 9.17) is 23.7 Å². The fourth-order valence-corrected chi connectivity index (χ4v) is 6.08. The van der Waals surface area contributed by atoms with Gasteiger partial charge in [0.25, 0.3) is 0 Å².